The molecule has 1 atom stereocenters. The van der Waals surface area contributed by atoms with Gasteiger partial charge in [0.1, 0.15) is 17.1 Å². The van der Waals surface area contributed by atoms with E-state index in [1.165, 1.54) is 19.2 Å². The van der Waals surface area contributed by atoms with Gasteiger partial charge in [0.05, 0.1) is 5.69 Å². The van der Waals surface area contributed by atoms with Crippen LogP contribution in [0.25, 0.3) is 11.3 Å². The van der Waals surface area contributed by atoms with Crippen molar-refractivity contribution < 1.29 is 32.5 Å². The predicted octanol–water partition coefficient (Wildman–Crippen LogP) is 4.80. The molecule has 1 aromatic heterocycles. The Morgan fingerprint density at radius 3 is 2.68 bits per heavy atom. The quantitative estimate of drug-likeness (QED) is 0.482. The highest BCUT2D eigenvalue weighted by Crippen LogP contribution is 2.39. The van der Waals surface area contributed by atoms with E-state index in [0.29, 0.717) is 35.7 Å². The first-order chi connectivity index (χ1) is 17.6. The van der Waals surface area contributed by atoms with Crippen molar-refractivity contribution >= 4 is 11.9 Å². The van der Waals surface area contributed by atoms with Crippen molar-refractivity contribution in [2.45, 2.75) is 65.2 Å². The fourth-order valence-corrected chi connectivity index (χ4v) is 4.83. The maximum Gasteiger partial charge on any atom is 0.410 e. The van der Waals surface area contributed by atoms with Crippen LogP contribution in [0.1, 0.15) is 44.7 Å². The Morgan fingerprint density at radius 2 is 1.97 bits per heavy atom. The minimum absolute atomic E-state index is 0.00510. The van der Waals surface area contributed by atoms with E-state index in [0.717, 1.165) is 37.2 Å². The molecule has 1 saturated heterocycles. The summed E-state index contributed by atoms with van der Waals surface area (Å²) in [5.41, 5.74) is 2.37. The Labute approximate surface area is 215 Å². The number of piperidine rings is 1. The Kier molecular flexibility index (Phi) is 8.01. The van der Waals surface area contributed by atoms with Crippen LogP contribution in [0.4, 0.5) is 19.4 Å². The molecule has 11 heteroatoms. The molecule has 0 N–H and O–H groups in total. The average molecular weight is 521 g/mol. The maximum atomic E-state index is 12.8. The Balaban J connectivity index is 1.57. The van der Waals surface area contributed by atoms with Crippen molar-refractivity contribution in [1.82, 2.24) is 15.1 Å². The van der Waals surface area contributed by atoms with Crippen molar-refractivity contribution in [3.05, 3.63) is 29.3 Å². The van der Waals surface area contributed by atoms with Gasteiger partial charge in [0, 0.05) is 50.0 Å². The highest BCUT2D eigenvalue weighted by atomic mass is 19.3. The maximum absolute atomic E-state index is 12.8. The smallest absolute Gasteiger partial charge is 0.410 e. The van der Waals surface area contributed by atoms with Crippen molar-refractivity contribution in [3.63, 3.8) is 0 Å². The third-order valence-electron chi connectivity index (χ3n) is 6.32. The van der Waals surface area contributed by atoms with E-state index in [2.05, 4.69) is 19.8 Å². The predicted molar refractivity (Wildman–Crippen MR) is 133 cm³/mol. The molecule has 4 rings (SSSR count). The molecule has 2 aliphatic heterocycles. The summed E-state index contributed by atoms with van der Waals surface area (Å²) in [7, 11) is 1.48. The molecule has 2 aromatic rings. The van der Waals surface area contributed by atoms with Crippen LogP contribution in [-0.2, 0) is 15.9 Å². The largest absolute Gasteiger partial charge is 0.467 e. The Morgan fingerprint density at radius 1 is 1.19 bits per heavy atom. The second kappa shape index (κ2) is 11.0. The molecule has 1 fully saturated rings. The molecule has 0 saturated carbocycles. The zero-order valence-corrected chi connectivity index (χ0v) is 21.9. The van der Waals surface area contributed by atoms with Crippen molar-refractivity contribution in [2.24, 2.45) is 0 Å². The fraction of sp³-hybridized carbons (Fsp3) is 0.577. The number of anilines is 1. The molecule has 2 aliphatic rings. The number of ether oxygens (including phenoxy) is 4. The lowest BCUT2D eigenvalue weighted by Gasteiger charge is -2.38. The number of methoxy groups -OCH3 is 1. The van der Waals surface area contributed by atoms with Crippen LogP contribution in [0.2, 0.25) is 0 Å². The molecule has 37 heavy (non-hydrogen) atoms. The Hall–Kier alpha value is -3.21. The molecule has 1 aromatic carbocycles. The molecular weight excluding hydrogens is 486 g/mol. The van der Waals surface area contributed by atoms with Crippen LogP contribution in [0.15, 0.2) is 18.2 Å². The number of carbonyl (C=O) groups is 1. The van der Waals surface area contributed by atoms with E-state index in [9.17, 15) is 13.6 Å². The summed E-state index contributed by atoms with van der Waals surface area (Å²) >= 11 is 0. The number of fused-ring (bicyclic) bond motifs is 1. The van der Waals surface area contributed by atoms with Gasteiger partial charge in [-0.25, -0.2) is 4.79 Å². The second-order valence-electron chi connectivity index (χ2n) is 10.3. The van der Waals surface area contributed by atoms with E-state index in [1.54, 1.807) is 11.8 Å². The van der Waals surface area contributed by atoms with Gasteiger partial charge in [-0.3, -0.25) is 0 Å². The summed E-state index contributed by atoms with van der Waals surface area (Å²) in [6.45, 7) is 6.37. The highest BCUT2D eigenvalue weighted by Gasteiger charge is 2.34. The Bertz CT molecular complexity index is 1120. The summed E-state index contributed by atoms with van der Waals surface area (Å²) in [5.74, 6) is 1.12. The molecule has 1 amide bonds. The number of nitrogens with zero attached hydrogens (tertiary/aromatic N) is 4. The number of halogens is 2. The van der Waals surface area contributed by atoms with Gasteiger partial charge < -0.3 is 28.7 Å². The SMILES string of the molecule is COCOc1cc(OC(F)F)cc(C)c1-c1cc2c(nn1)N([C@@H]1CCCN(C(=O)OC(C)(C)C)C1)CC2. The summed E-state index contributed by atoms with van der Waals surface area (Å²) in [6, 6.07) is 5.01. The number of alkyl halides is 2. The summed E-state index contributed by atoms with van der Waals surface area (Å²) in [6.07, 6.45) is 2.31. The number of hydrogen-bond donors (Lipinski definition) is 0. The van der Waals surface area contributed by atoms with Crippen LogP contribution < -0.4 is 14.4 Å². The molecule has 202 valence electrons. The lowest BCUT2D eigenvalue weighted by Crippen LogP contribution is -2.50. The average Bonchev–Trinajstić information content (AvgIpc) is 3.24. The number of hydrogen-bond acceptors (Lipinski definition) is 8. The third-order valence-corrected chi connectivity index (χ3v) is 6.32. The van der Waals surface area contributed by atoms with Gasteiger partial charge in [-0.05, 0) is 64.7 Å². The number of benzene rings is 1. The van der Waals surface area contributed by atoms with Crippen molar-refractivity contribution in [2.75, 3.05) is 38.4 Å². The van der Waals surface area contributed by atoms with Crippen LogP contribution in [0.3, 0.4) is 0 Å². The minimum Gasteiger partial charge on any atom is -0.467 e. The first kappa shape index (κ1) is 26.8. The summed E-state index contributed by atoms with van der Waals surface area (Å²) < 4.78 is 46.4. The van der Waals surface area contributed by atoms with E-state index in [-0.39, 0.29) is 24.7 Å². The first-order valence-electron chi connectivity index (χ1n) is 12.4. The summed E-state index contributed by atoms with van der Waals surface area (Å²) in [4.78, 5) is 16.6. The van der Waals surface area contributed by atoms with E-state index in [4.69, 9.17) is 14.2 Å². The lowest BCUT2D eigenvalue weighted by molar-refractivity contribution is -0.0500. The topological polar surface area (TPSA) is 86.3 Å². The first-order valence-corrected chi connectivity index (χ1v) is 12.4. The number of aromatic nitrogens is 2. The minimum atomic E-state index is -2.95. The zero-order valence-electron chi connectivity index (χ0n) is 21.9. The van der Waals surface area contributed by atoms with E-state index >= 15 is 0 Å². The monoisotopic (exact) mass is 520 g/mol. The molecular formula is C26H34F2N4O5. The standard InChI is InChI=1S/C26H34F2N4O5/c1-16-11-19(36-24(27)28)13-21(35-15-34-5)22(16)20-12-17-8-10-32(23(17)30-29-20)18-7-6-9-31(14-18)25(33)37-26(2,3)4/h11-13,18,24H,6-10,14-15H2,1-5H3/t18-/m1/s1. The highest BCUT2D eigenvalue weighted by molar-refractivity contribution is 5.74. The molecule has 0 spiro atoms. The summed E-state index contributed by atoms with van der Waals surface area (Å²) in [5, 5.41) is 9.04. The van der Waals surface area contributed by atoms with E-state index < -0.39 is 12.2 Å². The molecule has 0 unspecified atom stereocenters. The normalized spacial score (nSPS) is 17.7. The molecule has 3 heterocycles. The zero-order chi connectivity index (χ0) is 26.7. The van der Waals surface area contributed by atoms with Crippen LogP contribution in [0, 0.1) is 6.92 Å². The van der Waals surface area contributed by atoms with Gasteiger partial charge in [0.2, 0.25) is 0 Å². The van der Waals surface area contributed by atoms with Gasteiger partial charge in [-0.1, -0.05) is 0 Å². The molecule has 0 radical (unpaired) electrons. The van der Waals surface area contributed by atoms with Crippen LogP contribution in [0.5, 0.6) is 11.5 Å². The van der Waals surface area contributed by atoms with Crippen molar-refractivity contribution in [1.29, 1.82) is 0 Å². The van der Waals surface area contributed by atoms with Crippen LogP contribution >= 0.6 is 0 Å². The lowest BCUT2D eigenvalue weighted by atomic mass is 10.0. The number of amides is 1. The van der Waals surface area contributed by atoms with Gasteiger partial charge >= 0.3 is 12.7 Å². The van der Waals surface area contributed by atoms with Gasteiger partial charge in [0.25, 0.3) is 0 Å². The van der Waals surface area contributed by atoms with Crippen LogP contribution in [-0.4, -0.2) is 73.0 Å². The molecule has 0 bridgehead atoms. The molecule has 9 nitrogen and oxygen atoms in total. The van der Waals surface area contributed by atoms with E-state index in [1.807, 2.05) is 26.8 Å². The third kappa shape index (κ3) is 6.38. The van der Waals surface area contributed by atoms with Gasteiger partial charge in [-0.15, -0.1) is 10.2 Å². The second-order valence-corrected chi connectivity index (χ2v) is 10.3. The van der Waals surface area contributed by atoms with Crippen molar-refractivity contribution in [3.8, 4) is 22.8 Å². The number of carbonyl (C=O) groups excluding carboxylic acids is 1. The number of aryl methyl sites for hydroxylation is 1. The van der Waals surface area contributed by atoms with Gasteiger partial charge in [-0.2, -0.15) is 8.78 Å². The fourth-order valence-electron chi connectivity index (χ4n) is 4.83. The van der Waals surface area contributed by atoms with Gasteiger partial charge in [0.15, 0.2) is 12.6 Å². The molecule has 0 aliphatic carbocycles. The number of rotatable bonds is 7. The number of likely N-dealkylation sites (tertiary alicyclic amines) is 1.